The Morgan fingerprint density at radius 1 is 1.03 bits per heavy atom. The van der Waals surface area contributed by atoms with Gasteiger partial charge in [-0.15, -0.1) is 0 Å². The lowest BCUT2D eigenvalue weighted by Crippen LogP contribution is -2.22. The normalized spacial score (nSPS) is 11.1. The third kappa shape index (κ3) is 6.39. The van der Waals surface area contributed by atoms with Gasteiger partial charge in [-0.3, -0.25) is 9.59 Å². The van der Waals surface area contributed by atoms with E-state index in [1.165, 1.54) is 6.07 Å². The predicted molar refractivity (Wildman–Crippen MR) is 108 cm³/mol. The smallest absolute Gasteiger partial charge is 0.376 e. The maximum Gasteiger partial charge on any atom is 0.417 e. The zero-order valence-corrected chi connectivity index (χ0v) is 16.7. The number of amides is 2. The first-order valence-corrected chi connectivity index (χ1v) is 9.29. The van der Waals surface area contributed by atoms with Gasteiger partial charge in [0.05, 0.1) is 17.1 Å². The largest absolute Gasteiger partial charge is 0.417 e. The highest BCUT2D eigenvalue weighted by Crippen LogP contribution is 2.36. The van der Waals surface area contributed by atoms with Crippen molar-refractivity contribution in [3.8, 4) is 0 Å². The monoisotopic (exact) mass is 427 g/mol. The molecular formula is C20H21ClF3N3O2. The van der Waals surface area contributed by atoms with E-state index in [1.54, 1.807) is 25.1 Å². The number of hydrogen-bond donors (Lipinski definition) is 3. The summed E-state index contributed by atoms with van der Waals surface area (Å²) in [6.07, 6.45) is -3.49. The van der Waals surface area contributed by atoms with Crippen LogP contribution in [0.4, 0.5) is 30.2 Å². The van der Waals surface area contributed by atoms with E-state index in [4.69, 9.17) is 11.6 Å². The van der Waals surface area contributed by atoms with E-state index < -0.39 is 22.7 Å². The summed E-state index contributed by atoms with van der Waals surface area (Å²) in [5, 5.41) is 7.70. The van der Waals surface area contributed by atoms with Crippen molar-refractivity contribution in [2.45, 2.75) is 32.9 Å². The van der Waals surface area contributed by atoms with Crippen LogP contribution in [0.25, 0.3) is 0 Å². The number of halogens is 4. The molecule has 2 amide bonds. The zero-order chi connectivity index (χ0) is 21.6. The molecule has 0 spiro atoms. The second-order valence-corrected chi connectivity index (χ2v) is 6.78. The van der Waals surface area contributed by atoms with Gasteiger partial charge in [0, 0.05) is 23.5 Å². The van der Waals surface area contributed by atoms with Crippen molar-refractivity contribution in [2.75, 3.05) is 22.5 Å². The molecule has 0 saturated heterocycles. The summed E-state index contributed by atoms with van der Waals surface area (Å²) >= 11 is 5.57. The van der Waals surface area contributed by atoms with Gasteiger partial charge in [0.2, 0.25) is 11.8 Å². The van der Waals surface area contributed by atoms with Crippen molar-refractivity contribution >= 4 is 40.5 Å². The van der Waals surface area contributed by atoms with Crippen molar-refractivity contribution in [2.24, 2.45) is 0 Å². The van der Waals surface area contributed by atoms with Crippen LogP contribution < -0.4 is 16.0 Å². The van der Waals surface area contributed by atoms with Crippen LogP contribution in [0.2, 0.25) is 5.02 Å². The third-order valence-corrected chi connectivity index (χ3v) is 4.41. The van der Waals surface area contributed by atoms with E-state index >= 15 is 0 Å². The molecule has 29 heavy (non-hydrogen) atoms. The number of nitrogens with one attached hydrogen (secondary N) is 3. The molecule has 0 aliphatic rings. The fourth-order valence-corrected chi connectivity index (χ4v) is 2.83. The average Bonchev–Trinajstić information content (AvgIpc) is 2.63. The zero-order valence-electron chi connectivity index (χ0n) is 15.9. The second kappa shape index (κ2) is 9.65. The Labute approximate surface area is 171 Å². The molecule has 9 heteroatoms. The summed E-state index contributed by atoms with van der Waals surface area (Å²) in [7, 11) is 0. The van der Waals surface area contributed by atoms with E-state index in [-0.39, 0.29) is 18.1 Å². The lowest BCUT2D eigenvalue weighted by Gasteiger charge is -2.15. The highest BCUT2D eigenvalue weighted by molar-refractivity contribution is 6.31. The predicted octanol–water partition coefficient (Wildman–Crippen LogP) is 5.46. The van der Waals surface area contributed by atoms with E-state index in [9.17, 15) is 22.8 Å². The molecule has 2 aromatic rings. The molecule has 2 rings (SSSR count). The minimum absolute atomic E-state index is 0.00849. The molecule has 0 heterocycles. The van der Waals surface area contributed by atoms with Crippen LogP contribution in [0.3, 0.4) is 0 Å². The Hall–Kier alpha value is -2.74. The summed E-state index contributed by atoms with van der Waals surface area (Å²) in [6, 6.07) is 8.38. The first kappa shape index (κ1) is 22.5. The van der Waals surface area contributed by atoms with Crippen molar-refractivity contribution in [1.82, 2.24) is 0 Å². The van der Waals surface area contributed by atoms with E-state index in [2.05, 4.69) is 16.0 Å². The maximum atomic E-state index is 12.9. The standard InChI is InChI=1S/C20H21ClF3N3O2/c1-3-5-18(28)27-17-7-4-6-16(12(17)2)25-11-19(29)26-13-8-9-15(21)14(10-13)20(22,23)24/h4,6-10,25H,3,5,11H2,1-2H3,(H,26,29)(H,27,28). The maximum absolute atomic E-state index is 12.9. The molecule has 0 aliphatic carbocycles. The molecule has 2 aromatic carbocycles. The lowest BCUT2D eigenvalue weighted by molar-refractivity contribution is -0.137. The minimum atomic E-state index is -4.62. The number of rotatable bonds is 7. The molecule has 5 nitrogen and oxygen atoms in total. The van der Waals surface area contributed by atoms with Crippen LogP contribution in [0, 0.1) is 6.92 Å². The molecule has 0 bridgehead atoms. The van der Waals surface area contributed by atoms with Crippen LogP contribution >= 0.6 is 11.6 Å². The molecule has 0 unspecified atom stereocenters. The number of benzene rings is 2. The number of hydrogen-bond acceptors (Lipinski definition) is 3. The van der Waals surface area contributed by atoms with Gasteiger partial charge in [-0.1, -0.05) is 24.6 Å². The number of carbonyl (C=O) groups is 2. The minimum Gasteiger partial charge on any atom is -0.376 e. The molecular weight excluding hydrogens is 407 g/mol. The number of alkyl halides is 3. The molecule has 0 atom stereocenters. The van der Waals surface area contributed by atoms with Crippen molar-refractivity contribution in [3.63, 3.8) is 0 Å². The van der Waals surface area contributed by atoms with Crippen LogP contribution in [-0.4, -0.2) is 18.4 Å². The summed E-state index contributed by atoms with van der Waals surface area (Å²) in [6.45, 7) is 3.52. The molecule has 0 saturated carbocycles. The van der Waals surface area contributed by atoms with Crippen molar-refractivity contribution in [1.29, 1.82) is 0 Å². The lowest BCUT2D eigenvalue weighted by atomic mass is 10.1. The van der Waals surface area contributed by atoms with E-state index in [1.807, 2.05) is 6.92 Å². The van der Waals surface area contributed by atoms with E-state index in [0.29, 0.717) is 17.8 Å². The van der Waals surface area contributed by atoms with Crippen molar-refractivity contribution in [3.05, 3.63) is 52.5 Å². The van der Waals surface area contributed by atoms with E-state index in [0.717, 1.165) is 24.1 Å². The SMILES string of the molecule is CCCC(=O)Nc1cccc(NCC(=O)Nc2ccc(Cl)c(C(F)(F)F)c2)c1C. The van der Waals surface area contributed by atoms with Crippen molar-refractivity contribution < 1.29 is 22.8 Å². The quantitative estimate of drug-likeness (QED) is 0.549. The highest BCUT2D eigenvalue weighted by Gasteiger charge is 2.33. The summed E-state index contributed by atoms with van der Waals surface area (Å²) in [4.78, 5) is 23.9. The Kier molecular flexibility index (Phi) is 7.50. The van der Waals surface area contributed by atoms with Gasteiger partial charge in [-0.2, -0.15) is 13.2 Å². The Bertz CT molecular complexity index is 901. The summed E-state index contributed by atoms with van der Waals surface area (Å²) in [5.41, 5.74) is 0.973. The van der Waals surface area contributed by atoms with Gasteiger partial charge in [0.25, 0.3) is 0 Å². The van der Waals surface area contributed by atoms with Crippen LogP contribution in [0.5, 0.6) is 0 Å². The molecule has 0 fully saturated rings. The molecule has 0 aromatic heterocycles. The number of anilines is 3. The van der Waals surface area contributed by atoms with Gasteiger partial charge in [-0.05, 0) is 49.2 Å². The molecule has 0 radical (unpaired) electrons. The fraction of sp³-hybridized carbons (Fsp3) is 0.300. The first-order chi connectivity index (χ1) is 13.6. The summed E-state index contributed by atoms with van der Waals surface area (Å²) < 4.78 is 38.8. The van der Waals surface area contributed by atoms with Gasteiger partial charge in [-0.25, -0.2) is 0 Å². The summed E-state index contributed by atoms with van der Waals surface area (Å²) in [5.74, 6) is -0.631. The van der Waals surface area contributed by atoms with Crippen LogP contribution in [0.1, 0.15) is 30.9 Å². The second-order valence-electron chi connectivity index (χ2n) is 6.37. The fourth-order valence-electron chi connectivity index (χ4n) is 2.60. The van der Waals surface area contributed by atoms with Gasteiger partial charge in [0.1, 0.15) is 0 Å². The Morgan fingerprint density at radius 3 is 2.38 bits per heavy atom. The van der Waals surface area contributed by atoms with Gasteiger partial charge in [0.15, 0.2) is 0 Å². The third-order valence-electron chi connectivity index (χ3n) is 4.08. The Balaban J connectivity index is 2.02. The topological polar surface area (TPSA) is 70.2 Å². The first-order valence-electron chi connectivity index (χ1n) is 8.91. The highest BCUT2D eigenvalue weighted by atomic mass is 35.5. The van der Waals surface area contributed by atoms with Gasteiger partial charge < -0.3 is 16.0 Å². The molecule has 0 aliphatic heterocycles. The van der Waals surface area contributed by atoms with Gasteiger partial charge >= 0.3 is 6.18 Å². The average molecular weight is 428 g/mol. The van der Waals surface area contributed by atoms with Crippen LogP contribution in [0.15, 0.2) is 36.4 Å². The van der Waals surface area contributed by atoms with Crippen LogP contribution in [-0.2, 0) is 15.8 Å². The number of carbonyl (C=O) groups excluding carboxylic acids is 2. The molecule has 156 valence electrons. The molecule has 3 N–H and O–H groups in total. The Morgan fingerprint density at radius 2 is 1.72 bits per heavy atom.